The number of unbranched alkanes of at least 4 members (excludes halogenated alkanes) is 2. The summed E-state index contributed by atoms with van der Waals surface area (Å²) in [4.78, 5) is 2.66. The molecular formula is C19H40N2. The Kier molecular flexibility index (Phi) is 11.3. The smallest absolute Gasteiger partial charge is 0.0246 e. The summed E-state index contributed by atoms with van der Waals surface area (Å²) in [6.07, 6.45) is 18.3. The molecule has 2 unspecified atom stereocenters. The van der Waals surface area contributed by atoms with Crippen LogP contribution in [0.1, 0.15) is 90.4 Å². The molecule has 2 heteroatoms. The number of likely N-dealkylation sites (N-methyl/N-ethyl adjacent to an activating group) is 2. The van der Waals surface area contributed by atoms with Crippen LogP contribution in [0.4, 0.5) is 0 Å². The minimum absolute atomic E-state index is 0.691. The Bertz CT molecular complexity index is 230. The third-order valence-electron chi connectivity index (χ3n) is 5.28. The quantitative estimate of drug-likeness (QED) is 0.695. The molecule has 0 bridgehead atoms. The monoisotopic (exact) mass is 296 g/mol. The fourth-order valence-electron chi connectivity index (χ4n) is 3.81. The average molecular weight is 297 g/mol. The van der Waals surface area contributed by atoms with Gasteiger partial charge in [0.25, 0.3) is 0 Å². The molecular weight excluding hydrogens is 256 g/mol. The lowest BCUT2D eigenvalue weighted by atomic mass is 9.93. The molecule has 21 heavy (non-hydrogen) atoms. The maximum absolute atomic E-state index is 3.64. The Labute approximate surface area is 134 Å². The first-order valence-corrected chi connectivity index (χ1v) is 9.67. The van der Waals surface area contributed by atoms with E-state index in [-0.39, 0.29) is 0 Å². The van der Waals surface area contributed by atoms with Crippen molar-refractivity contribution >= 4 is 0 Å². The summed E-state index contributed by atoms with van der Waals surface area (Å²) >= 11 is 0. The zero-order valence-corrected chi connectivity index (χ0v) is 15.0. The normalized spacial score (nSPS) is 26.3. The molecule has 1 rings (SSSR count). The molecule has 0 spiro atoms. The molecule has 1 aliphatic rings. The van der Waals surface area contributed by atoms with Gasteiger partial charge in [0, 0.05) is 12.1 Å². The number of hydrogen-bond donors (Lipinski definition) is 1. The van der Waals surface area contributed by atoms with E-state index in [1.165, 1.54) is 90.0 Å². The first kappa shape index (κ1) is 19.0. The van der Waals surface area contributed by atoms with Gasteiger partial charge in [0.2, 0.25) is 0 Å². The SMILES string of the molecule is CCCCCN(C)C1CCCCCCCCCCC1NC. The van der Waals surface area contributed by atoms with Crippen LogP contribution in [0.5, 0.6) is 0 Å². The molecule has 0 aliphatic heterocycles. The Morgan fingerprint density at radius 2 is 1.43 bits per heavy atom. The van der Waals surface area contributed by atoms with Crippen molar-refractivity contribution < 1.29 is 0 Å². The fraction of sp³-hybridized carbons (Fsp3) is 1.00. The fourth-order valence-corrected chi connectivity index (χ4v) is 3.81. The van der Waals surface area contributed by atoms with Gasteiger partial charge in [-0.2, -0.15) is 0 Å². The van der Waals surface area contributed by atoms with E-state index in [1.54, 1.807) is 0 Å². The van der Waals surface area contributed by atoms with E-state index in [1.807, 2.05) is 0 Å². The second-order valence-electron chi connectivity index (χ2n) is 7.06. The number of nitrogens with one attached hydrogen (secondary N) is 1. The van der Waals surface area contributed by atoms with Gasteiger partial charge in [-0.1, -0.05) is 71.1 Å². The molecule has 1 fully saturated rings. The molecule has 0 amide bonds. The molecule has 0 aromatic heterocycles. The summed E-state index contributed by atoms with van der Waals surface area (Å²) in [5.74, 6) is 0. The van der Waals surface area contributed by atoms with Crippen molar-refractivity contribution in [3.8, 4) is 0 Å². The lowest BCUT2D eigenvalue weighted by Gasteiger charge is -2.35. The topological polar surface area (TPSA) is 15.3 Å². The van der Waals surface area contributed by atoms with Crippen LogP contribution in [0.25, 0.3) is 0 Å². The van der Waals surface area contributed by atoms with Crippen molar-refractivity contribution in [3.05, 3.63) is 0 Å². The van der Waals surface area contributed by atoms with E-state index < -0.39 is 0 Å². The molecule has 1 N–H and O–H groups in total. The summed E-state index contributed by atoms with van der Waals surface area (Å²) in [6, 6.07) is 1.43. The van der Waals surface area contributed by atoms with Crippen molar-refractivity contribution in [3.63, 3.8) is 0 Å². The Morgan fingerprint density at radius 1 is 0.857 bits per heavy atom. The van der Waals surface area contributed by atoms with Gasteiger partial charge in [0.05, 0.1) is 0 Å². The van der Waals surface area contributed by atoms with Crippen LogP contribution in [0, 0.1) is 0 Å². The molecule has 1 aliphatic carbocycles. The highest BCUT2D eigenvalue weighted by Gasteiger charge is 2.23. The Morgan fingerprint density at radius 3 is 2.00 bits per heavy atom. The molecule has 0 saturated heterocycles. The van der Waals surface area contributed by atoms with Gasteiger partial charge >= 0.3 is 0 Å². The predicted octanol–water partition coefficient (Wildman–Crippen LogP) is 4.98. The maximum Gasteiger partial charge on any atom is 0.0246 e. The van der Waals surface area contributed by atoms with E-state index in [9.17, 15) is 0 Å². The predicted molar refractivity (Wildman–Crippen MR) is 95.0 cm³/mol. The van der Waals surface area contributed by atoms with Crippen molar-refractivity contribution in [1.82, 2.24) is 10.2 Å². The lowest BCUT2D eigenvalue weighted by molar-refractivity contribution is 0.170. The maximum atomic E-state index is 3.64. The van der Waals surface area contributed by atoms with Crippen LogP contribution < -0.4 is 5.32 Å². The van der Waals surface area contributed by atoms with Crippen LogP contribution in [-0.2, 0) is 0 Å². The molecule has 2 nitrogen and oxygen atoms in total. The standard InChI is InChI=1S/C19H40N2/c1-4-5-14-17-21(3)19-16-13-11-9-7-6-8-10-12-15-18(19)20-2/h18-20H,4-17H2,1-3H3. The minimum atomic E-state index is 0.691. The molecule has 1 saturated carbocycles. The van der Waals surface area contributed by atoms with E-state index in [0.29, 0.717) is 6.04 Å². The zero-order chi connectivity index (χ0) is 15.3. The van der Waals surface area contributed by atoms with E-state index in [0.717, 1.165) is 6.04 Å². The second-order valence-corrected chi connectivity index (χ2v) is 7.06. The van der Waals surface area contributed by atoms with Crippen molar-refractivity contribution in [1.29, 1.82) is 0 Å². The van der Waals surface area contributed by atoms with Crippen LogP contribution in [0.3, 0.4) is 0 Å². The van der Waals surface area contributed by atoms with Gasteiger partial charge in [-0.3, -0.25) is 0 Å². The summed E-state index contributed by atoms with van der Waals surface area (Å²) in [7, 11) is 4.53. The first-order valence-electron chi connectivity index (χ1n) is 9.67. The Hall–Kier alpha value is -0.0800. The molecule has 126 valence electrons. The third-order valence-corrected chi connectivity index (χ3v) is 5.28. The first-order chi connectivity index (χ1) is 10.3. The van der Waals surface area contributed by atoms with Gasteiger partial charge in [-0.05, 0) is 39.9 Å². The highest BCUT2D eigenvalue weighted by molar-refractivity contribution is 4.83. The van der Waals surface area contributed by atoms with Gasteiger partial charge in [0.1, 0.15) is 0 Å². The highest BCUT2D eigenvalue weighted by Crippen LogP contribution is 2.20. The van der Waals surface area contributed by atoms with Gasteiger partial charge < -0.3 is 10.2 Å². The molecule has 2 atom stereocenters. The number of nitrogens with zero attached hydrogens (tertiary/aromatic N) is 1. The van der Waals surface area contributed by atoms with Crippen LogP contribution in [0.2, 0.25) is 0 Å². The van der Waals surface area contributed by atoms with Crippen molar-refractivity contribution in [2.75, 3.05) is 20.6 Å². The molecule has 0 aromatic rings. The van der Waals surface area contributed by atoms with Crippen LogP contribution in [0.15, 0.2) is 0 Å². The lowest BCUT2D eigenvalue weighted by Crippen LogP contribution is -2.48. The van der Waals surface area contributed by atoms with E-state index in [2.05, 4.69) is 31.2 Å². The number of rotatable bonds is 6. The van der Waals surface area contributed by atoms with E-state index >= 15 is 0 Å². The molecule has 0 heterocycles. The van der Waals surface area contributed by atoms with E-state index in [4.69, 9.17) is 0 Å². The summed E-state index contributed by atoms with van der Waals surface area (Å²) in [6.45, 7) is 3.57. The van der Waals surface area contributed by atoms with Gasteiger partial charge in [-0.25, -0.2) is 0 Å². The molecule has 0 radical (unpaired) electrons. The summed E-state index contributed by atoms with van der Waals surface area (Å²) in [5.41, 5.74) is 0. The summed E-state index contributed by atoms with van der Waals surface area (Å²) < 4.78 is 0. The van der Waals surface area contributed by atoms with Crippen LogP contribution >= 0.6 is 0 Å². The van der Waals surface area contributed by atoms with Crippen molar-refractivity contribution in [2.45, 2.75) is 102 Å². The zero-order valence-electron chi connectivity index (χ0n) is 15.0. The summed E-state index contributed by atoms with van der Waals surface area (Å²) in [5, 5.41) is 3.64. The second kappa shape index (κ2) is 12.5. The van der Waals surface area contributed by atoms with Crippen LogP contribution in [-0.4, -0.2) is 37.6 Å². The third kappa shape index (κ3) is 8.21. The molecule has 0 aromatic carbocycles. The average Bonchev–Trinajstić information content (AvgIpc) is 2.48. The van der Waals surface area contributed by atoms with Gasteiger partial charge in [0.15, 0.2) is 0 Å². The van der Waals surface area contributed by atoms with Crippen molar-refractivity contribution in [2.24, 2.45) is 0 Å². The number of hydrogen-bond acceptors (Lipinski definition) is 2. The Balaban J connectivity index is 2.52. The highest BCUT2D eigenvalue weighted by atomic mass is 15.2. The minimum Gasteiger partial charge on any atom is -0.315 e. The largest absolute Gasteiger partial charge is 0.315 e. The van der Waals surface area contributed by atoms with Gasteiger partial charge in [-0.15, -0.1) is 0 Å².